The SMILES string of the molecule is CCCN(C)c1cccc(Cl)n1. The van der Waals surface area contributed by atoms with Crippen molar-refractivity contribution in [1.29, 1.82) is 0 Å². The molecule has 0 aliphatic rings. The van der Waals surface area contributed by atoms with Crippen molar-refractivity contribution in [3.63, 3.8) is 0 Å². The normalized spacial score (nSPS) is 9.92. The topological polar surface area (TPSA) is 16.1 Å². The third-order valence-electron chi connectivity index (χ3n) is 1.65. The van der Waals surface area contributed by atoms with Gasteiger partial charge >= 0.3 is 0 Å². The van der Waals surface area contributed by atoms with Crippen LogP contribution in [-0.4, -0.2) is 18.6 Å². The monoisotopic (exact) mass is 184 g/mol. The van der Waals surface area contributed by atoms with E-state index in [1.54, 1.807) is 6.07 Å². The standard InChI is InChI=1S/C9H13ClN2/c1-3-7-12(2)9-6-4-5-8(10)11-9/h4-6H,3,7H2,1-2H3. The highest BCUT2D eigenvalue weighted by Gasteiger charge is 1.99. The summed E-state index contributed by atoms with van der Waals surface area (Å²) >= 11 is 5.75. The minimum absolute atomic E-state index is 0.551. The van der Waals surface area contributed by atoms with Gasteiger partial charge in [-0.15, -0.1) is 0 Å². The van der Waals surface area contributed by atoms with Crippen molar-refractivity contribution in [3.8, 4) is 0 Å². The first-order valence-corrected chi connectivity index (χ1v) is 4.45. The molecular weight excluding hydrogens is 172 g/mol. The van der Waals surface area contributed by atoms with Crippen LogP contribution >= 0.6 is 11.6 Å². The van der Waals surface area contributed by atoms with E-state index in [4.69, 9.17) is 11.6 Å². The molecule has 1 aromatic rings. The largest absolute Gasteiger partial charge is 0.360 e. The summed E-state index contributed by atoms with van der Waals surface area (Å²) in [6.45, 7) is 3.15. The van der Waals surface area contributed by atoms with E-state index < -0.39 is 0 Å². The summed E-state index contributed by atoms with van der Waals surface area (Å²) in [7, 11) is 2.02. The average molecular weight is 185 g/mol. The lowest BCUT2D eigenvalue weighted by Gasteiger charge is -2.16. The Bertz CT molecular complexity index is 250. The lowest BCUT2D eigenvalue weighted by atomic mass is 10.4. The summed E-state index contributed by atoms with van der Waals surface area (Å²) in [5.74, 6) is 0.935. The first kappa shape index (κ1) is 9.33. The molecule has 0 aliphatic carbocycles. The maximum absolute atomic E-state index is 5.75. The van der Waals surface area contributed by atoms with E-state index in [1.807, 2.05) is 19.2 Å². The number of pyridine rings is 1. The predicted molar refractivity (Wildman–Crippen MR) is 52.8 cm³/mol. The Morgan fingerprint density at radius 1 is 1.50 bits per heavy atom. The van der Waals surface area contributed by atoms with Crippen LogP contribution in [0.2, 0.25) is 5.15 Å². The summed E-state index contributed by atoms with van der Waals surface area (Å²) in [6.07, 6.45) is 1.12. The second-order valence-electron chi connectivity index (χ2n) is 2.74. The van der Waals surface area contributed by atoms with E-state index in [0.717, 1.165) is 18.8 Å². The van der Waals surface area contributed by atoms with Crippen molar-refractivity contribution >= 4 is 17.4 Å². The van der Waals surface area contributed by atoms with Gasteiger partial charge in [0.2, 0.25) is 0 Å². The van der Waals surface area contributed by atoms with E-state index in [1.165, 1.54) is 0 Å². The maximum atomic E-state index is 5.75. The van der Waals surface area contributed by atoms with Crippen LogP contribution < -0.4 is 4.90 Å². The van der Waals surface area contributed by atoms with Crippen molar-refractivity contribution in [2.45, 2.75) is 13.3 Å². The minimum Gasteiger partial charge on any atom is -0.360 e. The Balaban J connectivity index is 2.73. The van der Waals surface area contributed by atoms with E-state index in [9.17, 15) is 0 Å². The van der Waals surface area contributed by atoms with Crippen LogP contribution in [0.1, 0.15) is 13.3 Å². The Labute approximate surface area is 78.2 Å². The lowest BCUT2D eigenvalue weighted by Crippen LogP contribution is -2.18. The fourth-order valence-corrected chi connectivity index (χ4v) is 1.22. The molecule has 0 fully saturated rings. The van der Waals surface area contributed by atoms with Gasteiger partial charge < -0.3 is 4.90 Å². The minimum atomic E-state index is 0.551. The van der Waals surface area contributed by atoms with E-state index >= 15 is 0 Å². The molecule has 1 aromatic heterocycles. The zero-order valence-electron chi connectivity index (χ0n) is 7.42. The molecular formula is C9H13ClN2. The van der Waals surface area contributed by atoms with Gasteiger partial charge in [0.05, 0.1) is 0 Å². The number of halogens is 1. The van der Waals surface area contributed by atoms with Crippen molar-refractivity contribution in [1.82, 2.24) is 4.98 Å². The molecule has 2 nitrogen and oxygen atoms in total. The summed E-state index contributed by atoms with van der Waals surface area (Å²) in [5.41, 5.74) is 0. The van der Waals surface area contributed by atoms with Crippen LogP contribution in [0.5, 0.6) is 0 Å². The molecule has 1 rings (SSSR count). The van der Waals surface area contributed by atoms with Gasteiger partial charge in [-0.3, -0.25) is 0 Å². The van der Waals surface area contributed by atoms with Crippen LogP contribution in [0.4, 0.5) is 5.82 Å². The second kappa shape index (κ2) is 4.31. The summed E-state index contributed by atoms with van der Waals surface area (Å²) in [4.78, 5) is 6.27. The molecule has 0 aliphatic heterocycles. The van der Waals surface area contributed by atoms with Crippen LogP contribution in [0.25, 0.3) is 0 Å². The van der Waals surface area contributed by atoms with E-state index in [2.05, 4.69) is 16.8 Å². The maximum Gasteiger partial charge on any atom is 0.131 e. The van der Waals surface area contributed by atoms with Crippen molar-refractivity contribution in [3.05, 3.63) is 23.4 Å². The molecule has 12 heavy (non-hydrogen) atoms. The van der Waals surface area contributed by atoms with Gasteiger partial charge in [-0.05, 0) is 18.6 Å². The average Bonchev–Trinajstić information content (AvgIpc) is 2.05. The number of anilines is 1. The van der Waals surface area contributed by atoms with Gasteiger partial charge in [-0.1, -0.05) is 24.6 Å². The molecule has 0 amide bonds. The van der Waals surface area contributed by atoms with Gasteiger partial charge in [0, 0.05) is 13.6 Å². The molecule has 0 atom stereocenters. The van der Waals surface area contributed by atoms with Gasteiger partial charge in [0.1, 0.15) is 11.0 Å². The Kier molecular flexibility index (Phi) is 3.35. The van der Waals surface area contributed by atoms with Gasteiger partial charge in [0.15, 0.2) is 0 Å². The second-order valence-corrected chi connectivity index (χ2v) is 3.13. The molecule has 0 radical (unpaired) electrons. The number of aromatic nitrogens is 1. The lowest BCUT2D eigenvalue weighted by molar-refractivity contribution is 0.838. The summed E-state index contributed by atoms with van der Waals surface area (Å²) < 4.78 is 0. The molecule has 0 aromatic carbocycles. The van der Waals surface area contributed by atoms with Crippen molar-refractivity contribution in [2.24, 2.45) is 0 Å². The predicted octanol–water partition coefficient (Wildman–Crippen LogP) is 2.58. The molecule has 0 bridgehead atoms. The van der Waals surface area contributed by atoms with Gasteiger partial charge in [0.25, 0.3) is 0 Å². The number of hydrogen-bond acceptors (Lipinski definition) is 2. The van der Waals surface area contributed by atoms with Gasteiger partial charge in [-0.2, -0.15) is 0 Å². The smallest absolute Gasteiger partial charge is 0.131 e. The van der Waals surface area contributed by atoms with Crippen LogP contribution in [0, 0.1) is 0 Å². The van der Waals surface area contributed by atoms with Gasteiger partial charge in [-0.25, -0.2) is 4.98 Å². The molecule has 1 heterocycles. The zero-order valence-corrected chi connectivity index (χ0v) is 8.17. The summed E-state index contributed by atoms with van der Waals surface area (Å²) in [5, 5.41) is 0.551. The summed E-state index contributed by atoms with van der Waals surface area (Å²) in [6, 6.07) is 5.66. The molecule has 0 saturated heterocycles. The number of nitrogens with zero attached hydrogens (tertiary/aromatic N) is 2. The third-order valence-corrected chi connectivity index (χ3v) is 1.86. The van der Waals surface area contributed by atoms with Crippen molar-refractivity contribution < 1.29 is 0 Å². The van der Waals surface area contributed by atoms with E-state index in [-0.39, 0.29) is 0 Å². The first-order valence-electron chi connectivity index (χ1n) is 4.07. The molecule has 0 saturated carbocycles. The zero-order chi connectivity index (χ0) is 8.97. The number of hydrogen-bond donors (Lipinski definition) is 0. The first-order chi connectivity index (χ1) is 5.74. The Hall–Kier alpha value is -0.760. The molecule has 0 unspecified atom stereocenters. The van der Waals surface area contributed by atoms with Crippen LogP contribution in [0.15, 0.2) is 18.2 Å². The van der Waals surface area contributed by atoms with Crippen molar-refractivity contribution in [2.75, 3.05) is 18.5 Å². The highest BCUT2D eigenvalue weighted by molar-refractivity contribution is 6.29. The van der Waals surface area contributed by atoms with E-state index in [0.29, 0.717) is 5.15 Å². The Morgan fingerprint density at radius 3 is 2.83 bits per heavy atom. The fraction of sp³-hybridized carbons (Fsp3) is 0.444. The van der Waals surface area contributed by atoms with Crippen LogP contribution in [-0.2, 0) is 0 Å². The molecule has 66 valence electrons. The quantitative estimate of drug-likeness (QED) is 0.672. The number of rotatable bonds is 3. The fourth-order valence-electron chi connectivity index (χ4n) is 1.06. The Morgan fingerprint density at radius 2 is 2.25 bits per heavy atom. The third kappa shape index (κ3) is 2.38. The van der Waals surface area contributed by atoms with Crippen LogP contribution in [0.3, 0.4) is 0 Å². The highest BCUT2D eigenvalue weighted by atomic mass is 35.5. The molecule has 0 N–H and O–H groups in total. The molecule has 0 spiro atoms. The highest BCUT2D eigenvalue weighted by Crippen LogP contribution is 2.12. The molecule has 3 heteroatoms.